The van der Waals surface area contributed by atoms with Gasteiger partial charge in [0.15, 0.2) is 6.29 Å². The van der Waals surface area contributed by atoms with Crippen molar-refractivity contribution in [2.75, 3.05) is 6.26 Å². The number of thioether (sulfide) groups is 1. The zero-order valence-corrected chi connectivity index (χ0v) is 9.05. The molecule has 2 rings (SSSR count). The van der Waals surface area contributed by atoms with Gasteiger partial charge in [-0.15, -0.1) is 23.1 Å². The molecule has 1 aromatic carbocycles. The largest absolute Gasteiger partial charge is 0.298 e. The molecule has 0 aliphatic rings. The van der Waals surface area contributed by atoms with Crippen LogP contribution in [-0.2, 0) is 0 Å². The van der Waals surface area contributed by atoms with Gasteiger partial charge in [0.2, 0.25) is 0 Å². The maximum Gasteiger partial charge on any atom is 0.151 e. The van der Waals surface area contributed by atoms with E-state index >= 15 is 0 Å². The zero-order valence-electron chi connectivity index (χ0n) is 7.41. The van der Waals surface area contributed by atoms with Crippen LogP contribution in [0.5, 0.6) is 0 Å². The van der Waals surface area contributed by atoms with Crippen molar-refractivity contribution in [1.29, 1.82) is 0 Å². The molecule has 0 N–H and O–H groups in total. The summed E-state index contributed by atoms with van der Waals surface area (Å²) in [5, 5.41) is 2.46. The Morgan fingerprint density at radius 2 is 2.29 bits per heavy atom. The first kappa shape index (κ1) is 9.68. The molecule has 1 nitrogen and oxygen atoms in total. The summed E-state index contributed by atoms with van der Waals surface area (Å²) in [5.41, 5.74) is 0.566. The highest BCUT2D eigenvalue weighted by atomic mass is 32.2. The van der Waals surface area contributed by atoms with E-state index in [-0.39, 0.29) is 5.82 Å². The van der Waals surface area contributed by atoms with Crippen LogP contribution >= 0.6 is 23.1 Å². The molecule has 0 saturated carbocycles. The molecule has 1 aromatic heterocycles. The third kappa shape index (κ3) is 1.44. The molecule has 72 valence electrons. The maximum absolute atomic E-state index is 13.4. The van der Waals surface area contributed by atoms with Gasteiger partial charge in [-0.2, -0.15) is 0 Å². The number of carbonyl (C=O) groups excluding carboxylic acids is 1. The minimum absolute atomic E-state index is 0.258. The Kier molecular flexibility index (Phi) is 2.56. The number of aldehydes is 1. The molecule has 0 bridgehead atoms. The van der Waals surface area contributed by atoms with Crippen LogP contribution in [0.2, 0.25) is 0 Å². The number of hydrogen-bond acceptors (Lipinski definition) is 3. The first-order valence-electron chi connectivity index (χ1n) is 3.96. The van der Waals surface area contributed by atoms with E-state index in [1.807, 2.05) is 6.26 Å². The molecule has 0 amide bonds. The smallest absolute Gasteiger partial charge is 0.151 e. The van der Waals surface area contributed by atoms with Crippen LogP contribution in [0, 0.1) is 5.82 Å². The first-order valence-corrected chi connectivity index (χ1v) is 6.06. The normalized spacial score (nSPS) is 10.7. The van der Waals surface area contributed by atoms with Crippen LogP contribution in [0.4, 0.5) is 4.39 Å². The van der Waals surface area contributed by atoms with Crippen molar-refractivity contribution >= 4 is 39.5 Å². The average Bonchev–Trinajstić information content (AvgIpc) is 2.58. The highest BCUT2D eigenvalue weighted by Crippen LogP contribution is 2.31. The molecule has 0 atom stereocenters. The van der Waals surface area contributed by atoms with Gasteiger partial charge >= 0.3 is 0 Å². The summed E-state index contributed by atoms with van der Waals surface area (Å²) in [6.07, 6.45) is 2.59. The second-order valence-corrected chi connectivity index (χ2v) is 4.55. The van der Waals surface area contributed by atoms with Gasteiger partial charge in [-0.3, -0.25) is 4.79 Å². The second-order valence-electron chi connectivity index (χ2n) is 2.79. The lowest BCUT2D eigenvalue weighted by atomic mass is 10.2. The molecule has 4 heteroatoms. The Hall–Kier alpha value is -0.870. The van der Waals surface area contributed by atoms with E-state index < -0.39 is 0 Å². The van der Waals surface area contributed by atoms with Gasteiger partial charge in [0.1, 0.15) is 5.82 Å². The maximum atomic E-state index is 13.4. The minimum atomic E-state index is -0.258. The van der Waals surface area contributed by atoms with E-state index in [0.717, 1.165) is 11.0 Å². The number of benzene rings is 1. The van der Waals surface area contributed by atoms with E-state index in [1.54, 1.807) is 11.4 Å². The summed E-state index contributed by atoms with van der Waals surface area (Å²) in [6, 6.07) is 3.22. The van der Waals surface area contributed by atoms with E-state index in [1.165, 1.54) is 29.2 Å². The summed E-state index contributed by atoms with van der Waals surface area (Å²) < 4.78 is 14.3. The van der Waals surface area contributed by atoms with Crippen molar-refractivity contribution in [1.82, 2.24) is 0 Å². The zero-order chi connectivity index (χ0) is 10.1. The number of rotatable bonds is 2. The third-order valence-electron chi connectivity index (χ3n) is 2.00. The molecule has 0 unspecified atom stereocenters. The molecule has 0 aliphatic heterocycles. The van der Waals surface area contributed by atoms with Gasteiger partial charge in [0, 0.05) is 25.9 Å². The van der Waals surface area contributed by atoms with Crippen LogP contribution in [-0.4, -0.2) is 12.5 Å². The lowest BCUT2D eigenvalue weighted by Crippen LogP contribution is -1.81. The minimum Gasteiger partial charge on any atom is -0.298 e. The molecule has 0 fully saturated rings. The van der Waals surface area contributed by atoms with E-state index in [0.29, 0.717) is 15.8 Å². The van der Waals surface area contributed by atoms with Gasteiger partial charge in [0.25, 0.3) is 0 Å². The van der Waals surface area contributed by atoms with E-state index in [2.05, 4.69) is 0 Å². The molecule has 2 aromatic rings. The molecular weight excluding hydrogens is 219 g/mol. The van der Waals surface area contributed by atoms with Crippen LogP contribution in [0.1, 0.15) is 10.4 Å². The number of carbonyl (C=O) groups is 1. The Bertz CT molecular complexity index is 490. The Morgan fingerprint density at radius 1 is 1.50 bits per heavy atom. The first-order chi connectivity index (χ1) is 6.76. The van der Waals surface area contributed by atoms with Crippen LogP contribution < -0.4 is 0 Å². The van der Waals surface area contributed by atoms with Gasteiger partial charge < -0.3 is 0 Å². The number of hydrogen-bond donors (Lipinski definition) is 0. The molecule has 1 heterocycles. The fraction of sp³-hybridized carbons (Fsp3) is 0.100. The molecule has 14 heavy (non-hydrogen) atoms. The number of thiophene rings is 1. The van der Waals surface area contributed by atoms with Gasteiger partial charge in [-0.1, -0.05) is 0 Å². The molecular formula is C10H7FOS2. The van der Waals surface area contributed by atoms with Crippen molar-refractivity contribution in [2.24, 2.45) is 0 Å². The number of fused-ring (bicyclic) bond motifs is 1. The highest BCUT2D eigenvalue weighted by Gasteiger charge is 2.08. The standard InChI is InChI=1S/C10H7FOS2/c1-13-10-3-9-7(2-8(10)11)6(4-12)5-14-9/h2-5H,1H3. The van der Waals surface area contributed by atoms with Crippen LogP contribution in [0.25, 0.3) is 10.1 Å². The van der Waals surface area contributed by atoms with E-state index in [4.69, 9.17) is 0 Å². The summed E-state index contributed by atoms with van der Waals surface area (Å²) in [5.74, 6) is -0.258. The molecule has 0 radical (unpaired) electrons. The lowest BCUT2D eigenvalue weighted by Gasteiger charge is -1.99. The predicted octanol–water partition coefficient (Wildman–Crippen LogP) is 3.57. The lowest BCUT2D eigenvalue weighted by molar-refractivity contribution is 0.112. The van der Waals surface area contributed by atoms with Crippen molar-refractivity contribution in [3.63, 3.8) is 0 Å². The van der Waals surface area contributed by atoms with Crippen molar-refractivity contribution in [2.45, 2.75) is 4.90 Å². The summed E-state index contributed by atoms with van der Waals surface area (Å²) in [4.78, 5) is 11.2. The fourth-order valence-electron chi connectivity index (χ4n) is 1.30. The van der Waals surface area contributed by atoms with Crippen molar-refractivity contribution in [3.8, 4) is 0 Å². The van der Waals surface area contributed by atoms with Crippen molar-refractivity contribution < 1.29 is 9.18 Å². The quantitative estimate of drug-likeness (QED) is 0.575. The third-order valence-corrected chi connectivity index (χ3v) is 3.72. The summed E-state index contributed by atoms with van der Waals surface area (Å²) >= 11 is 2.84. The Morgan fingerprint density at radius 3 is 2.93 bits per heavy atom. The van der Waals surface area contributed by atoms with Gasteiger partial charge in [0.05, 0.1) is 0 Å². The van der Waals surface area contributed by atoms with Crippen molar-refractivity contribution in [3.05, 3.63) is 28.9 Å². The molecule has 0 aliphatic carbocycles. The van der Waals surface area contributed by atoms with Gasteiger partial charge in [-0.25, -0.2) is 4.39 Å². The number of halogens is 1. The SMILES string of the molecule is CSc1cc2scc(C=O)c2cc1F. The fourth-order valence-corrected chi connectivity index (χ4v) is 2.79. The van der Waals surface area contributed by atoms with E-state index in [9.17, 15) is 9.18 Å². The predicted molar refractivity (Wildman–Crippen MR) is 59.0 cm³/mol. The average molecular weight is 226 g/mol. The second kappa shape index (κ2) is 3.71. The highest BCUT2D eigenvalue weighted by molar-refractivity contribution is 7.98. The van der Waals surface area contributed by atoms with Crippen LogP contribution in [0.3, 0.4) is 0 Å². The van der Waals surface area contributed by atoms with Gasteiger partial charge in [-0.05, 0) is 18.4 Å². The Balaban J connectivity index is 2.75. The molecule has 0 spiro atoms. The monoisotopic (exact) mass is 226 g/mol. The topological polar surface area (TPSA) is 17.1 Å². The summed E-state index contributed by atoms with van der Waals surface area (Å²) in [6.45, 7) is 0. The van der Waals surface area contributed by atoms with Crippen LogP contribution in [0.15, 0.2) is 22.4 Å². The Labute approximate surface area is 88.9 Å². The molecule has 0 saturated heterocycles. The summed E-state index contributed by atoms with van der Waals surface area (Å²) in [7, 11) is 0.